The van der Waals surface area contributed by atoms with E-state index in [0.717, 1.165) is 23.3 Å². The molecule has 2 aromatic carbocycles. The van der Waals surface area contributed by atoms with E-state index in [-0.39, 0.29) is 11.8 Å². The van der Waals surface area contributed by atoms with Crippen LogP contribution in [0.5, 0.6) is 5.75 Å². The van der Waals surface area contributed by atoms with Crippen molar-refractivity contribution >= 4 is 5.97 Å². The van der Waals surface area contributed by atoms with Crippen LogP contribution in [0.15, 0.2) is 54.6 Å². The van der Waals surface area contributed by atoms with Crippen molar-refractivity contribution in [2.45, 2.75) is 18.9 Å². The fraction of sp³-hybridized carbons (Fsp3) is 0.235. The van der Waals surface area contributed by atoms with Crippen molar-refractivity contribution in [1.82, 2.24) is 0 Å². The molecule has 0 saturated heterocycles. The van der Waals surface area contributed by atoms with Crippen molar-refractivity contribution in [3.05, 3.63) is 65.7 Å². The van der Waals surface area contributed by atoms with E-state index in [1.54, 1.807) is 0 Å². The van der Waals surface area contributed by atoms with Gasteiger partial charge in [0.15, 0.2) is 0 Å². The normalized spacial score (nSPS) is 20.4. The summed E-state index contributed by atoms with van der Waals surface area (Å²) in [7, 11) is 0. The van der Waals surface area contributed by atoms with Gasteiger partial charge in [0.1, 0.15) is 12.4 Å². The Morgan fingerprint density at radius 2 is 1.80 bits per heavy atom. The molecule has 0 heterocycles. The van der Waals surface area contributed by atoms with Crippen LogP contribution in [0.1, 0.15) is 23.5 Å². The van der Waals surface area contributed by atoms with Gasteiger partial charge in [-0.25, -0.2) is 0 Å². The summed E-state index contributed by atoms with van der Waals surface area (Å²) < 4.78 is 5.71. The zero-order chi connectivity index (χ0) is 13.9. The Kier molecular flexibility index (Phi) is 3.42. The summed E-state index contributed by atoms with van der Waals surface area (Å²) in [6, 6.07) is 17.8. The highest BCUT2D eigenvalue weighted by Crippen LogP contribution is 2.47. The van der Waals surface area contributed by atoms with Gasteiger partial charge in [0.2, 0.25) is 0 Å². The van der Waals surface area contributed by atoms with Crippen LogP contribution in [0.4, 0.5) is 0 Å². The van der Waals surface area contributed by atoms with Crippen LogP contribution in [-0.2, 0) is 11.4 Å². The quantitative estimate of drug-likeness (QED) is 0.903. The van der Waals surface area contributed by atoms with E-state index in [0.29, 0.717) is 6.61 Å². The first-order valence-electron chi connectivity index (χ1n) is 6.73. The maximum atomic E-state index is 10.8. The van der Waals surface area contributed by atoms with E-state index >= 15 is 0 Å². The van der Waals surface area contributed by atoms with Crippen LogP contribution in [0.3, 0.4) is 0 Å². The van der Waals surface area contributed by atoms with Crippen molar-refractivity contribution in [3.63, 3.8) is 0 Å². The van der Waals surface area contributed by atoms with E-state index in [4.69, 9.17) is 9.84 Å². The molecule has 0 aliphatic heterocycles. The van der Waals surface area contributed by atoms with Gasteiger partial charge in [0.25, 0.3) is 0 Å². The fourth-order valence-electron chi connectivity index (χ4n) is 2.39. The minimum absolute atomic E-state index is 0.177. The lowest BCUT2D eigenvalue weighted by atomic mass is 10.1. The van der Waals surface area contributed by atoms with Crippen LogP contribution in [0, 0.1) is 5.92 Å². The molecule has 3 rings (SSSR count). The van der Waals surface area contributed by atoms with E-state index < -0.39 is 5.97 Å². The maximum Gasteiger partial charge on any atom is 0.307 e. The van der Waals surface area contributed by atoms with E-state index in [9.17, 15) is 4.79 Å². The lowest BCUT2D eigenvalue weighted by Gasteiger charge is -2.07. The molecule has 3 nitrogen and oxygen atoms in total. The minimum Gasteiger partial charge on any atom is -0.489 e. The van der Waals surface area contributed by atoms with Crippen LogP contribution >= 0.6 is 0 Å². The molecule has 0 unspecified atom stereocenters. The van der Waals surface area contributed by atoms with Gasteiger partial charge in [0.05, 0.1) is 5.92 Å². The highest BCUT2D eigenvalue weighted by molar-refractivity contribution is 5.75. The molecular formula is C17H16O3. The highest BCUT2D eigenvalue weighted by Gasteiger charge is 2.43. The molecule has 102 valence electrons. The van der Waals surface area contributed by atoms with Gasteiger partial charge in [0, 0.05) is 0 Å². The Morgan fingerprint density at radius 3 is 2.40 bits per heavy atom. The molecule has 3 heteroatoms. The Bertz CT molecular complexity index is 589. The third-order valence-corrected chi connectivity index (χ3v) is 3.66. The summed E-state index contributed by atoms with van der Waals surface area (Å²) in [4.78, 5) is 10.8. The number of hydrogen-bond donors (Lipinski definition) is 1. The van der Waals surface area contributed by atoms with Crippen molar-refractivity contribution in [3.8, 4) is 5.75 Å². The van der Waals surface area contributed by atoms with Crippen molar-refractivity contribution < 1.29 is 14.6 Å². The zero-order valence-electron chi connectivity index (χ0n) is 11.0. The molecule has 2 aromatic rings. The lowest BCUT2D eigenvalue weighted by molar-refractivity contribution is -0.138. The van der Waals surface area contributed by atoms with E-state index in [2.05, 4.69) is 0 Å². The van der Waals surface area contributed by atoms with Gasteiger partial charge in [-0.2, -0.15) is 0 Å². The van der Waals surface area contributed by atoms with E-state index in [1.165, 1.54) is 0 Å². The third-order valence-electron chi connectivity index (χ3n) is 3.66. The monoisotopic (exact) mass is 268 g/mol. The largest absolute Gasteiger partial charge is 0.489 e. The Balaban J connectivity index is 1.58. The number of aliphatic carboxylic acids is 1. The topological polar surface area (TPSA) is 46.5 Å². The average molecular weight is 268 g/mol. The Hall–Kier alpha value is -2.29. The molecular weight excluding hydrogens is 252 g/mol. The average Bonchev–Trinajstić information content (AvgIpc) is 3.27. The number of benzene rings is 2. The number of ether oxygens (including phenoxy) is 1. The molecule has 1 aliphatic rings. The molecule has 20 heavy (non-hydrogen) atoms. The standard InChI is InChI=1S/C17H16O3/c18-17(19)16-10-15(16)13-6-8-14(9-7-13)20-11-12-4-2-1-3-5-12/h1-9,15-16H,10-11H2,(H,18,19)/t15-,16+/m1/s1. The summed E-state index contributed by atoms with van der Waals surface area (Å²) >= 11 is 0. The Labute approximate surface area is 117 Å². The van der Waals surface area contributed by atoms with Gasteiger partial charge >= 0.3 is 5.97 Å². The molecule has 1 N–H and O–H groups in total. The summed E-state index contributed by atoms with van der Waals surface area (Å²) in [5, 5.41) is 8.93. The molecule has 0 radical (unpaired) electrons. The van der Waals surface area contributed by atoms with Crippen LogP contribution < -0.4 is 4.74 Å². The molecule has 0 spiro atoms. The van der Waals surface area contributed by atoms with Crippen LogP contribution in [-0.4, -0.2) is 11.1 Å². The summed E-state index contributed by atoms with van der Waals surface area (Å²) in [5.41, 5.74) is 2.22. The van der Waals surface area contributed by atoms with Crippen molar-refractivity contribution in [1.29, 1.82) is 0 Å². The summed E-state index contributed by atoms with van der Waals surface area (Å²) in [6.45, 7) is 0.543. The number of carboxylic acid groups (broad SMARTS) is 1. The molecule has 0 aromatic heterocycles. The van der Waals surface area contributed by atoms with Crippen LogP contribution in [0.2, 0.25) is 0 Å². The molecule has 1 aliphatic carbocycles. The number of hydrogen-bond acceptors (Lipinski definition) is 2. The third kappa shape index (κ3) is 2.82. The molecule has 0 bridgehead atoms. The second-order valence-corrected chi connectivity index (χ2v) is 5.13. The van der Waals surface area contributed by atoms with Gasteiger partial charge < -0.3 is 9.84 Å². The van der Waals surface area contributed by atoms with Crippen molar-refractivity contribution in [2.24, 2.45) is 5.92 Å². The lowest BCUT2D eigenvalue weighted by Crippen LogP contribution is -1.99. The predicted molar refractivity (Wildman–Crippen MR) is 75.7 cm³/mol. The zero-order valence-corrected chi connectivity index (χ0v) is 11.0. The second-order valence-electron chi connectivity index (χ2n) is 5.13. The summed E-state index contributed by atoms with van der Waals surface area (Å²) in [6.07, 6.45) is 0.750. The maximum absolute atomic E-state index is 10.8. The van der Waals surface area contributed by atoms with Gasteiger partial charge in [-0.3, -0.25) is 4.79 Å². The van der Waals surface area contributed by atoms with Crippen molar-refractivity contribution in [2.75, 3.05) is 0 Å². The smallest absolute Gasteiger partial charge is 0.307 e. The Morgan fingerprint density at radius 1 is 1.10 bits per heavy atom. The first kappa shape index (κ1) is 12.7. The summed E-state index contributed by atoms with van der Waals surface area (Å²) in [5.74, 6) is 0.0892. The first-order chi connectivity index (χ1) is 9.74. The molecule has 2 atom stereocenters. The molecule has 1 saturated carbocycles. The molecule has 0 amide bonds. The molecule has 1 fully saturated rings. The van der Waals surface area contributed by atoms with E-state index in [1.807, 2.05) is 54.6 Å². The number of carboxylic acids is 1. The first-order valence-corrected chi connectivity index (χ1v) is 6.73. The number of carbonyl (C=O) groups is 1. The highest BCUT2D eigenvalue weighted by atomic mass is 16.5. The van der Waals surface area contributed by atoms with Gasteiger partial charge in [-0.1, -0.05) is 42.5 Å². The minimum atomic E-state index is -0.695. The number of rotatable bonds is 5. The van der Waals surface area contributed by atoms with Gasteiger partial charge in [-0.05, 0) is 35.6 Å². The fourth-order valence-corrected chi connectivity index (χ4v) is 2.39. The predicted octanol–water partition coefficient (Wildman–Crippen LogP) is 3.45. The SMILES string of the molecule is O=C(O)[C@H]1C[C@@H]1c1ccc(OCc2ccccc2)cc1. The van der Waals surface area contributed by atoms with Crippen LogP contribution in [0.25, 0.3) is 0 Å². The second kappa shape index (κ2) is 5.37. The van der Waals surface area contributed by atoms with Gasteiger partial charge in [-0.15, -0.1) is 0 Å².